The van der Waals surface area contributed by atoms with Crippen molar-refractivity contribution in [2.75, 3.05) is 40.3 Å². The molecule has 0 bridgehead atoms. The van der Waals surface area contributed by atoms with Crippen LogP contribution in [0.15, 0.2) is 29.3 Å². The van der Waals surface area contributed by atoms with Crippen LogP contribution in [-0.4, -0.2) is 63.3 Å². The third-order valence-corrected chi connectivity index (χ3v) is 4.32. The van der Waals surface area contributed by atoms with Gasteiger partial charge in [0, 0.05) is 32.2 Å². The van der Waals surface area contributed by atoms with E-state index in [1.54, 1.807) is 14.2 Å². The van der Waals surface area contributed by atoms with E-state index in [-0.39, 0.29) is 30.1 Å². The molecule has 0 spiro atoms. The van der Waals surface area contributed by atoms with Gasteiger partial charge in [-0.25, -0.2) is 0 Å². The number of methoxy groups -OCH3 is 1. The molecule has 1 saturated carbocycles. The largest absolute Gasteiger partial charge is 0.497 e. The first-order valence-electron chi connectivity index (χ1n) is 9.15. The van der Waals surface area contributed by atoms with Crippen molar-refractivity contribution < 1.29 is 9.47 Å². The first-order valence-corrected chi connectivity index (χ1v) is 9.15. The molecular weight excluding hydrogens is 443 g/mol. The van der Waals surface area contributed by atoms with Crippen LogP contribution in [0.1, 0.15) is 26.7 Å². The summed E-state index contributed by atoms with van der Waals surface area (Å²) in [5, 5.41) is 6.69. The van der Waals surface area contributed by atoms with Gasteiger partial charge in [-0.3, -0.25) is 9.89 Å². The lowest BCUT2D eigenvalue weighted by Crippen LogP contribution is -2.44. The molecule has 0 saturated heterocycles. The van der Waals surface area contributed by atoms with Crippen LogP contribution in [0.4, 0.5) is 0 Å². The molecule has 1 aliphatic carbocycles. The molecule has 1 unspecified atom stereocenters. The van der Waals surface area contributed by atoms with Gasteiger partial charge in [-0.15, -0.1) is 24.0 Å². The summed E-state index contributed by atoms with van der Waals surface area (Å²) in [7, 11) is 3.45. The Morgan fingerprint density at radius 1 is 1.31 bits per heavy atom. The zero-order valence-corrected chi connectivity index (χ0v) is 18.7. The molecule has 0 amide bonds. The number of aliphatic imine (C=N–C) groups is 1. The van der Waals surface area contributed by atoms with Crippen molar-refractivity contribution in [2.45, 2.75) is 38.8 Å². The normalized spacial score (nSPS) is 15.2. The number of halogens is 1. The highest BCUT2D eigenvalue weighted by Gasteiger charge is 2.27. The number of hydrogen-bond donors (Lipinski definition) is 2. The van der Waals surface area contributed by atoms with Gasteiger partial charge in [0.1, 0.15) is 17.6 Å². The molecule has 1 fully saturated rings. The predicted octanol–water partition coefficient (Wildman–Crippen LogP) is 2.73. The van der Waals surface area contributed by atoms with Gasteiger partial charge in [0.15, 0.2) is 5.96 Å². The molecule has 0 radical (unpaired) electrons. The summed E-state index contributed by atoms with van der Waals surface area (Å²) >= 11 is 0. The van der Waals surface area contributed by atoms with Crippen molar-refractivity contribution in [3.8, 4) is 11.5 Å². The van der Waals surface area contributed by atoms with Crippen molar-refractivity contribution in [3.05, 3.63) is 24.3 Å². The number of benzene rings is 1. The summed E-state index contributed by atoms with van der Waals surface area (Å²) in [6, 6.07) is 8.46. The van der Waals surface area contributed by atoms with Gasteiger partial charge in [-0.1, -0.05) is 13.0 Å². The maximum Gasteiger partial charge on any atom is 0.191 e. The number of guanidine groups is 1. The van der Waals surface area contributed by atoms with Crippen LogP contribution < -0.4 is 20.1 Å². The molecule has 0 aliphatic heterocycles. The van der Waals surface area contributed by atoms with E-state index in [4.69, 9.17) is 9.47 Å². The monoisotopic (exact) mass is 476 g/mol. The van der Waals surface area contributed by atoms with E-state index in [0.29, 0.717) is 6.54 Å². The summed E-state index contributed by atoms with van der Waals surface area (Å²) in [5.74, 6) is 2.42. The van der Waals surface area contributed by atoms with Gasteiger partial charge in [0.2, 0.25) is 0 Å². The van der Waals surface area contributed by atoms with Crippen LogP contribution in [0.2, 0.25) is 0 Å². The van der Waals surface area contributed by atoms with E-state index in [9.17, 15) is 0 Å². The van der Waals surface area contributed by atoms with Crippen molar-refractivity contribution in [1.82, 2.24) is 15.5 Å². The summed E-state index contributed by atoms with van der Waals surface area (Å²) in [4.78, 5) is 6.80. The zero-order valence-electron chi connectivity index (χ0n) is 16.3. The molecule has 1 aliphatic rings. The number of nitrogens with one attached hydrogen (secondary N) is 2. The van der Waals surface area contributed by atoms with Crippen LogP contribution >= 0.6 is 24.0 Å². The molecule has 2 N–H and O–H groups in total. The second-order valence-electron chi connectivity index (χ2n) is 6.35. The number of rotatable bonds is 10. The Morgan fingerprint density at radius 3 is 2.65 bits per heavy atom. The van der Waals surface area contributed by atoms with E-state index in [1.165, 1.54) is 12.8 Å². The Labute approximate surface area is 174 Å². The fourth-order valence-electron chi connectivity index (χ4n) is 2.77. The lowest BCUT2D eigenvalue weighted by atomic mass is 10.3. The molecule has 26 heavy (non-hydrogen) atoms. The second-order valence-corrected chi connectivity index (χ2v) is 6.35. The van der Waals surface area contributed by atoms with Crippen LogP contribution in [-0.2, 0) is 0 Å². The van der Waals surface area contributed by atoms with Gasteiger partial charge in [-0.2, -0.15) is 0 Å². The summed E-state index contributed by atoms with van der Waals surface area (Å²) in [5.41, 5.74) is 0. The predicted molar refractivity (Wildman–Crippen MR) is 118 cm³/mol. The Hall–Kier alpha value is -1.22. The van der Waals surface area contributed by atoms with Crippen LogP contribution in [0, 0.1) is 0 Å². The zero-order chi connectivity index (χ0) is 18.1. The summed E-state index contributed by atoms with van der Waals surface area (Å²) in [6.07, 6.45) is 2.71. The summed E-state index contributed by atoms with van der Waals surface area (Å²) in [6.45, 7) is 8.00. The Balaban J connectivity index is 0.00000338. The number of nitrogens with zero attached hydrogens (tertiary/aromatic N) is 2. The quantitative estimate of drug-likeness (QED) is 0.309. The minimum absolute atomic E-state index is 0. The molecule has 0 heterocycles. The average molecular weight is 476 g/mol. The minimum Gasteiger partial charge on any atom is -0.497 e. The maximum absolute atomic E-state index is 5.92. The topological polar surface area (TPSA) is 58.1 Å². The summed E-state index contributed by atoms with van der Waals surface area (Å²) < 4.78 is 11.1. The Kier molecular flexibility index (Phi) is 10.7. The smallest absolute Gasteiger partial charge is 0.191 e. The van der Waals surface area contributed by atoms with E-state index < -0.39 is 0 Å². The van der Waals surface area contributed by atoms with Crippen LogP contribution in [0.25, 0.3) is 0 Å². The van der Waals surface area contributed by atoms with Crippen LogP contribution in [0.5, 0.6) is 11.5 Å². The van der Waals surface area contributed by atoms with Gasteiger partial charge < -0.3 is 20.1 Å². The van der Waals surface area contributed by atoms with E-state index in [2.05, 4.69) is 27.4 Å². The molecule has 1 aromatic carbocycles. The fraction of sp³-hybridized carbons (Fsp3) is 0.632. The SMILES string of the molecule is CCN(CCNC(=NC)NCC(C)Oc1cccc(OC)c1)C1CC1.I. The number of likely N-dealkylation sites (N-methyl/N-ethyl adjacent to an activating group) is 1. The third-order valence-electron chi connectivity index (χ3n) is 4.32. The average Bonchev–Trinajstić information content (AvgIpc) is 3.46. The molecule has 2 rings (SSSR count). The highest BCUT2D eigenvalue weighted by atomic mass is 127. The molecule has 148 valence electrons. The molecule has 6 nitrogen and oxygen atoms in total. The highest BCUT2D eigenvalue weighted by Crippen LogP contribution is 2.25. The van der Waals surface area contributed by atoms with Gasteiger partial charge >= 0.3 is 0 Å². The van der Waals surface area contributed by atoms with Gasteiger partial charge in [-0.05, 0) is 38.4 Å². The lowest BCUT2D eigenvalue weighted by Gasteiger charge is -2.21. The van der Waals surface area contributed by atoms with Crippen molar-refractivity contribution >= 4 is 29.9 Å². The third kappa shape index (κ3) is 7.99. The highest BCUT2D eigenvalue weighted by molar-refractivity contribution is 14.0. The second kappa shape index (κ2) is 12.2. The Bertz CT molecular complexity index is 552. The van der Waals surface area contributed by atoms with Gasteiger partial charge in [0.05, 0.1) is 13.7 Å². The number of ether oxygens (including phenoxy) is 2. The van der Waals surface area contributed by atoms with E-state index in [1.807, 2.05) is 31.2 Å². The molecule has 0 aromatic heterocycles. The molecule has 1 aromatic rings. The first-order chi connectivity index (χ1) is 12.2. The fourth-order valence-corrected chi connectivity index (χ4v) is 2.77. The molecule has 7 heteroatoms. The minimum atomic E-state index is 0. The van der Waals surface area contributed by atoms with Crippen LogP contribution in [0.3, 0.4) is 0 Å². The number of hydrogen-bond acceptors (Lipinski definition) is 4. The maximum atomic E-state index is 5.92. The first kappa shape index (κ1) is 22.8. The van der Waals surface area contributed by atoms with E-state index in [0.717, 1.165) is 43.1 Å². The Morgan fingerprint density at radius 2 is 2.04 bits per heavy atom. The molecular formula is C19H33IN4O2. The standard InChI is InChI=1S/C19H32N4O2.HI/c1-5-23(16-9-10-16)12-11-21-19(20-3)22-14-15(2)25-18-8-6-7-17(13-18)24-4;/h6-8,13,15-16H,5,9-12,14H2,1-4H3,(H2,20,21,22);1H. The van der Waals surface area contributed by atoms with Crippen molar-refractivity contribution in [1.29, 1.82) is 0 Å². The van der Waals surface area contributed by atoms with Gasteiger partial charge in [0.25, 0.3) is 0 Å². The lowest BCUT2D eigenvalue weighted by molar-refractivity contribution is 0.222. The van der Waals surface area contributed by atoms with Crippen molar-refractivity contribution in [3.63, 3.8) is 0 Å². The van der Waals surface area contributed by atoms with Crippen molar-refractivity contribution in [2.24, 2.45) is 4.99 Å². The van der Waals surface area contributed by atoms with E-state index >= 15 is 0 Å². The molecule has 1 atom stereocenters.